The second-order valence-electron chi connectivity index (χ2n) is 3.92. The van der Waals surface area contributed by atoms with Crippen molar-refractivity contribution >= 4 is 18.0 Å². The average Bonchev–Trinajstić information content (AvgIpc) is 2.40. The first-order chi connectivity index (χ1) is 9.40. The number of hydrogen-bond donors (Lipinski definition) is 0. The lowest BCUT2D eigenvalue weighted by atomic mass is 10.1. The first kappa shape index (κ1) is 14.6. The molecule has 0 fully saturated rings. The first-order valence-corrected chi connectivity index (χ1v) is 6.31. The van der Waals surface area contributed by atoms with Gasteiger partial charge in [0, 0.05) is 15.4 Å². The van der Waals surface area contributed by atoms with Gasteiger partial charge >= 0.3 is 6.18 Å². The van der Waals surface area contributed by atoms with E-state index in [0.717, 1.165) is 23.9 Å². The first-order valence-electron chi connectivity index (χ1n) is 5.50. The van der Waals surface area contributed by atoms with Crippen molar-refractivity contribution in [3.63, 3.8) is 0 Å². The smallest absolute Gasteiger partial charge is 0.298 e. The maximum atomic E-state index is 12.8. The lowest BCUT2D eigenvalue weighted by Crippen LogP contribution is -2.08. The van der Waals surface area contributed by atoms with Crippen molar-refractivity contribution in [3.05, 3.63) is 59.4 Å². The zero-order chi connectivity index (χ0) is 14.8. The van der Waals surface area contributed by atoms with Gasteiger partial charge in [-0.05, 0) is 42.5 Å². The Morgan fingerprint density at radius 2 is 1.55 bits per heavy atom. The molecule has 0 aromatic heterocycles. The van der Waals surface area contributed by atoms with Crippen LogP contribution in [0.15, 0.2) is 52.3 Å². The Labute approximate surface area is 116 Å². The molecule has 0 bridgehead atoms. The highest BCUT2D eigenvalue weighted by Crippen LogP contribution is 2.36. The highest BCUT2D eigenvalue weighted by molar-refractivity contribution is 7.99. The number of alkyl halides is 3. The molecule has 0 saturated heterocycles. The zero-order valence-corrected chi connectivity index (χ0v) is 10.8. The van der Waals surface area contributed by atoms with Crippen LogP contribution in [0.25, 0.3) is 0 Å². The molecule has 0 aliphatic carbocycles. The summed E-state index contributed by atoms with van der Waals surface area (Å²) in [7, 11) is 0. The van der Waals surface area contributed by atoms with E-state index in [1.54, 1.807) is 0 Å². The van der Waals surface area contributed by atoms with Gasteiger partial charge in [-0.2, -0.15) is 13.2 Å². The standard InChI is InChI=1S/C14H8F4OS/c15-10-2-5-11(6-3-10)20-12-4-1-9(8-19)13(7-12)14(16,17)18/h1-8H. The summed E-state index contributed by atoms with van der Waals surface area (Å²) in [4.78, 5) is 11.6. The molecule has 0 amide bonds. The highest BCUT2D eigenvalue weighted by atomic mass is 32.2. The van der Waals surface area contributed by atoms with Crippen LogP contribution in [-0.2, 0) is 6.18 Å². The third-order valence-electron chi connectivity index (χ3n) is 2.51. The van der Waals surface area contributed by atoms with Gasteiger partial charge in [-0.1, -0.05) is 11.8 Å². The van der Waals surface area contributed by atoms with Crippen molar-refractivity contribution in [1.82, 2.24) is 0 Å². The fraction of sp³-hybridized carbons (Fsp3) is 0.0714. The molecule has 0 saturated carbocycles. The Morgan fingerprint density at radius 1 is 0.950 bits per heavy atom. The van der Waals surface area contributed by atoms with Crippen molar-refractivity contribution in [2.45, 2.75) is 16.0 Å². The molecular weight excluding hydrogens is 292 g/mol. The van der Waals surface area contributed by atoms with Crippen molar-refractivity contribution in [2.24, 2.45) is 0 Å². The number of aldehydes is 1. The molecule has 2 aromatic rings. The lowest BCUT2D eigenvalue weighted by Gasteiger charge is -2.11. The quantitative estimate of drug-likeness (QED) is 0.598. The molecule has 104 valence electrons. The summed E-state index contributed by atoms with van der Waals surface area (Å²) in [6.07, 6.45) is -4.41. The largest absolute Gasteiger partial charge is 0.417 e. The summed E-state index contributed by atoms with van der Waals surface area (Å²) in [6.45, 7) is 0. The molecule has 0 aliphatic rings. The number of hydrogen-bond acceptors (Lipinski definition) is 2. The normalized spacial score (nSPS) is 11.4. The van der Waals surface area contributed by atoms with E-state index in [-0.39, 0.29) is 6.29 Å². The fourth-order valence-corrected chi connectivity index (χ4v) is 2.44. The molecule has 6 heteroatoms. The minimum atomic E-state index is -4.59. The van der Waals surface area contributed by atoms with Crippen LogP contribution in [0.1, 0.15) is 15.9 Å². The van der Waals surface area contributed by atoms with Gasteiger partial charge in [0.1, 0.15) is 5.82 Å². The third-order valence-corrected chi connectivity index (χ3v) is 3.50. The maximum Gasteiger partial charge on any atom is 0.417 e. The topological polar surface area (TPSA) is 17.1 Å². The number of halogens is 4. The highest BCUT2D eigenvalue weighted by Gasteiger charge is 2.33. The summed E-state index contributed by atoms with van der Waals surface area (Å²) in [5.41, 5.74) is -1.37. The van der Waals surface area contributed by atoms with E-state index in [0.29, 0.717) is 9.79 Å². The van der Waals surface area contributed by atoms with Crippen LogP contribution in [0, 0.1) is 5.82 Å². The summed E-state index contributed by atoms with van der Waals surface area (Å²) in [5, 5.41) is 0. The van der Waals surface area contributed by atoms with Crippen LogP contribution in [0.2, 0.25) is 0 Å². The van der Waals surface area contributed by atoms with E-state index >= 15 is 0 Å². The van der Waals surface area contributed by atoms with Crippen molar-refractivity contribution in [2.75, 3.05) is 0 Å². The van der Waals surface area contributed by atoms with E-state index in [2.05, 4.69) is 0 Å². The fourth-order valence-electron chi connectivity index (χ4n) is 1.59. The van der Waals surface area contributed by atoms with E-state index < -0.39 is 23.1 Å². The molecule has 2 aromatic carbocycles. The van der Waals surface area contributed by atoms with Gasteiger partial charge in [-0.3, -0.25) is 4.79 Å². The molecular formula is C14H8F4OS. The third kappa shape index (κ3) is 3.39. The second-order valence-corrected chi connectivity index (χ2v) is 5.07. The molecule has 0 radical (unpaired) electrons. The molecule has 0 atom stereocenters. The van der Waals surface area contributed by atoms with Gasteiger partial charge in [0.2, 0.25) is 0 Å². The maximum absolute atomic E-state index is 12.8. The van der Waals surface area contributed by atoms with Gasteiger partial charge in [0.25, 0.3) is 0 Å². The molecule has 1 nitrogen and oxygen atoms in total. The molecule has 0 unspecified atom stereocenters. The van der Waals surface area contributed by atoms with Gasteiger partial charge in [-0.25, -0.2) is 4.39 Å². The zero-order valence-electron chi connectivity index (χ0n) is 9.95. The predicted molar refractivity (Wildman–Crippen MR) is 67.4 cm³/mol. The Morgan fingerprint density at radius 3 is 2.10 bits per heavy atom. The van der Waals surface area contributed by atoms with Crippen LogP contribution in [0.5, 0.6) is 0 Å². The molecule has 0 spiro atoms. The predicted octanol–water partition coefficient (Wildman–Crippen LogP) is 4.81. The average molecular weight is 300 g/mol. The van der Waals surface area contributed by atoms with Crippen molar-refractivity contribution < 1.29 is 22.4 Å². The summed E-state index contributed by atoms with van der Waals surface area (Å²) in [5.74, 6) is -0.415. The molecule has 0 aliphatic heterocycles. The van der Waals surface area contributed by atoms with E-state index in [9.17, 15) is 22.4 Å². The van der Waals surface area contributed by atoms with E-state index in [1.165, 1.54) is 30.3 Å². The SMILES string of the molecule is O=Cc1ccc(Sc2ccc(F)cc2)cc1C(F)(F)F. The number of benzene rings is 2. The van der Waals surface area contributed by atoms with Crippen molar-refractivity contribution in [3.8, 4) is 0 Å². The summed E-state index contributed by atoms with van der Waals surface area (Å²) >= 11 is 1.06. The second kappa shape index (κ2) is 5.66. The van der Waals surface area contributed by atoms with Gasteiger partial charge < -0.3 is 0 Å². The van der Waals surface area contributed by atoms with Crippen LogP contribution in [-0.4, -0.2) is 6.29 Å². The van der Waals surface area contributed by atoms with Gasteiger partial charge in [0.15, 0.2) is 6.29 Å². The van der Waals surface area contributed by atoms with Crippen LogP contribution >= 0.6 is 11.8 Å². The Bertz CT molecular complexity index is 620. The Balaban J connectivity index is 2.34. The van der Waals surface area contributed by atoms with E-state index in [1.807, 2.05) is 0 Å². The number of carbonyl (C=O) groups is 1. The van der Waals surface area contributed by atoms with Crippen LogP contribution in [0.3, 0.4) is 0 Å². The monoisotopic (exact) mass is 300 g/mol. The number of rotatable bonds is 3. The van der Waals surface area contributed by atoms with Crippen molar-refractivity contribution in [1.29, 1.82) is 0 Å². The summed E-state index contributed by atoms with van der Waals surface area (Å²) in [6, 6.07) is 8.87. The van der Waals surface area contributed by atoms with Crippen LogP contribution < -0.4 is 0 Å². The molecule has 2 rings (SSSR count). The Kier molecular flexibility index (Phi) is 4.13. The van der Waals surface area contributed by atoms with Crippen LogP contribution in [0.4, 0.5) is 17.6 Å². The molecule has 20 heavy (non-hydrogen) atoms. The minimum Gasteiger partial charge on any atom is -0.298 e. The number of carbonyl (C=O) groups excluding carboxylic acids is 1. The Hall–Kier alpha value is -1.82. The minimum absolute atomic E-state index is 0.176. The van der Waals surface area contributed by atoms with Gasteiger partial charge in [0.05, 0.1) is 5.56 Å². The summed E-state index contributed by atoms with van der Waals surface area (Å²) < 4.78 is 51.1. The van der Waals surface area contributed by atoms with Gasteiger partial charge in [-0.15, -0.1) is 0 Å². The lowest BCUT2D eigenvalue weighted by molar-refractivity contribution is -0.138. The molecule has 0 N–H and O–H groups in total. The van der Waals surface area contributed by atoms with E-state index in [4.69, 9.17) is 0 Å². The molecule has 0 heterocycles.